The first-order valence-electron chi connectivity index (χ1n) is 8.17. The van der Waals surface area contributed by atoms with E-state index in [0.29, 0.717) is 25.2 Å². The Morgan fingerprint density at radius 2 is 2.12 bits per heavy atom. The van der Waals surface area contributed by atoms with E-state index in [1.54, 1.807) is 23.1 Å². The van der Waals surface area contributed by atoms with Gasteiger partial charge in [0.05, 0.1) is 17.0 Å². The van der Waals surface area contributed by atoms with Crippen LogP contribution in [0.25, 0.3) is 0 Å². The zero-order valence-corrected chi connectivity index (χ0v) is 13.9. The van der Waals surface area contributed by atoms with E-state index in [9.17, 15) is 19.3 Å². The molecule has 1 aliphatic rings. The molecule has 7 nitrogen and oxygen atoms in total. The number of carbonyl (C=O) groups is 1. The van der Waals surface area contributed by atoms with Crippen molar-refractivity contribution >= 4 is 11.6 Å². The second-order valence-corrected chi connectivity index (χ2v) is 5.91. The SMILES string of the molecule is O=C(COc1cccc([N+](=O)[O-])c1)N1CCNCC1c1cccc(F)c1. The molecule has 0 aromatic heterocycles. The molecular formula is C18H18FN3O4. The highest BCUT2D eigenvalue weighted by Gasteiger charge is 2.28. The summed E-state index contributed by atoms with van der Waals surface area (Å²) in [6, 6.07) is 11.6. The van der Waals surface area contributed by atoms with Crippen molar-refractivity contribution in [3.8, 4) is 5.75 Å². The summed E-state index contributed by atoms with van der Waals surface area (Å²) in [5, 5.41) is 14.0. The van der Waals surface area contributed by atoms with Crippen molar-refractivity contribution in [3.63, 3.8) is 0 Å². The van der Waals surface area contributed by atoms with Crippen molar-refractivity contribution in [1.82, 2.24) is 10.2 Å². The second-order valence-electron chi connectivity index (χ2n) is 5.91. The van der Waals surface area contributed by atoms with Crippen LogP contribution in [0.2, 0.25) is 0 Å². The third kappa shape index (κ3) is 4.15. The second kappa shape index (κ2) is 7.92. The summed E-state index contributed by atoms with van der Waals surface area (Å²) in [4.78, 5) is 24.5. The summed E-state index contributed by atoms with van der Waals surface area (Å²) >= 11 is 0. The molecule has 0 aliphatic carbocycles. The molecule has 0 spiro atoms. The van der Waals surface area contributed by atoms with E-state index in [2.05, 4.69) is 5.32 Å². The largest absolute Gasteiger partial charge is 0.484 e. The summed E-state index contributed by atoms with van der Waals surface area (Å²) in [7, 11) is 0. The van der Waals surface area contributed by atoms with Crippen LogP contribution in [0.1, 0.15) is 11.6 Å². The molecule has 1 N–H and O–H groups in total. The van der Waals surface area contributed by atoms with E-state index in [-0.39, 0.29) is 35.8 Å². The van der Waals surface area contributed by atoms with Gasteiger partial charge in [0.15, 0.2) is 6.61 Å². The van der Waals surface area contributed by atoms with Gasteiger partial charge in [-0.05, 0) is 23.8 Å². The van der Waals surface area contributed by atoms with Crippen molar-refractivity contribution in [3.05, 3.63) is 70.0 Å². The number of amides is 1. The van der Waals surface area contributed by atoms with E-state index in [1.807, 2.05) is 0 Å². The summed E-state index contributed by atoms with van der Waals surface area (Å²) in [6.07, 6.45) is 0. The van der Waals surface area contributed by atoms with Crippen molar-refractivity contribution in [1.29, 1.82) is 0 Å². The Bertz CT molecular complexity index is 815. The fourth-order valence-corrected chi connectivity index (χ4v) is 2.93. The Morgan fingerprint density at radius 3 is 2.88 bits per heavy atom. The average molecular weight is 359 g/mol. The average Bonchev–Trinajstić information content (AvgIpc) is 2.66. The zero-order valence-electron chi connectivity index (χ0n) is 13.9. The third-order valence-electron chi connectivity index (χ3n) is 4.19. The highest BCUT2D eigenvalue weighted by Crippen LogP contribution is 2.24. The maximum Gasteiger partial charge on any atom is 0.273 e. The molecule has 1 fully saturated rings. The van der Waals surface area contributed by atoms with Gasteiger partial charge in [0, 0.05) is 25.7 Å². The van der Waals surface area contributed by atoms with Gasteiger partial charge >= 0.3 is 0 Å². The summed E-state index contributed by atoms with van der Waals surface area (Å²) in [5.74, 6) is -0.356. The van der Waals surface area contributed by atoms with Gasteiger partial charge in [0.1, 0.15) is 11.6 Å². The van der Waals surface area contributed by atoms with Crippen LogP contribution in [0.5, 0.6) is 5.75 Å². The van der Waals surface area contributed by atoms with Gasteiger partial charge in [-0.3, -0.25) is 14.9 Å². The minimum atomic E-state index is -0.523. The van der Waals surface area contributed by atoms with Gasteiger partial charge in [-0.2, -0.15) is 0 Å². The Kier molecular flexibility index (Phi) is 5.43. The Balaban J connectivity index is 1.69. The Labute approximate surface area is 149 Å². The highest BCUT2D eigenvalue weighted by molar-refractivity contribution is 5.78. The number of piperazine rings is 1. The van der Waals surface area contributed by atoms with Gasteiger partial charge in [-0.25, -0.2) is 4.39 Å². The number of ether oxygens (including phenoxy) is 1. The van der Waals surface area contributed by atoms with Gasteiger partial charge in [0.2, 0.25) is 0 Å². The first kappa shape index (κ1) is 17.8. The van der Waals surface area contributed by atoms with Crippen molar-refractivity contribution in [2.24, 2.45) is 0 Å². The first-order chi connectivity index (χ1) is 12.5. The molecule has 26 heavy (non-hydrogen) atoms. The fourth-order valence-electron chi connectivity index (χ4n) is 2.93. The molecule has 1 unspecified atom stereocenters. The number of carbonyl (C=O) groups excluding carboxylic acids is 1. The first-order valence-corrected chi connectivity index (χ1v) is 8.17. The van der Waals surface area contributed by atoms with Crippen LogP contribution in [-0.2, 0) is 4.79 Å². The molecule has 1 saturated heterocycles. The van der Waals surface area contributed by atoms with E-state index in [1.165, 1.54) is 30.3 Å². The zero-order chi connectivity index (χ0) is 18.5. The molecule has 1 heterocycles. The van der Waals surface area contributed by atoms with E-state index >= 15 is 0 Å². The third-order valence-corrected chi connectivity index (χ3v) is 4.19. The number of nitro benzene ring substituents is 1. The molecule has 0 bridgehead atoms. The lowest BCUT2D eigenvalue weighted by molar-refractivity contribution is -0.384. The van der Waals surface area contributed by atoms with Crippen LogP contribution in [0.15, 0.2) is 48.5 Å². The molecule has 3 rings (SSSR count). The van der Waals surface area contributed by atoms with Gasteiger partial charge < -0.3 is 15.0 Å². The topological polar surface area (TPSA) is 84.7 Å². The van der Waals surface area contributed by atoms with Gasteiger partial charge in [0.25, 0.3) is 11.6 Å². The van der Waals surface area contributed by atoms with Gasteiger partial charge in [-0.1, -0.05) is 18.2 Å². The number of rotatable bonds is 5. The standard InChI is InChI=1S/C18H18FN3O4/c19-14-4-1-3-13(9-14)17-11-20-7-8-21(17)18(23)12-26-16-6-2-5-15(10-16)22(24)25/h1-6,9-10,17,20H,7-8,11-12H2. The molecule has 1 aliphatic heterocycles. The van der Waals surface area contributed by atoms with Crippen LogP contribution in [0.3, 0.4) is 0 Å². The number of hydrogen-bond acceptors (Lipinski definition) is 5. The van der Waals surface area contributed by atoms with Crippen LogP contribution in [-0.4, -0.2) is 42.0 Å². The Morgan fingerprint density at radius 1 is 1.31 bits per heavy atom. The normalized spacial score (nSPS) is 17.0. The minimum absolute atomic E-state index is 0.102. The monoisotopic (exact) mass is 359 g/mol. The quantitative estimate of drug-likeness (QED) is 0.654. The Hall–Kier alpha value is -3.00. The van der Waals surface area contributed by atoms with Crippen molar-refractivity contribution < 1.29 is 18.8 Å². The molecule has 2 aromatic rings. The molecule has 1 atom stereocenters. The predicted molar refractivity (Wildman–Crippen MR) is 92.3 cm³/mol. The molecule has 0 radical (unpaired) electrons. The highest BCUT2D eigenvalue weighted by atomic mass is 19.1. The fraction of sp³-hybridized carbons (Fsp3) is 0.278. The van der Waals surface area contributed by atoms with Gasteiger partial charge in [-0.15, -0.1) is 0 Å². The number of benzene rings is 2. The molecule has 2 aromatic carbocycles. The number of nitrogens with zero attached hydrogens (tertiary/aromatic N) is 2. The molecule has 136 valence electrons. The number of hydrogen-bond donors (Lipinski definition) is 1. The van der Waals surface area contributed by atoms with Crippen molar-refractivity contribution in [2.75, 3.05) is 26.2 Å². The van der Waals surface area contributed by atoms with Crippen LogP contribution < -0.4 is 10.1 Å². The smallest absolute Gasteiger partial charge is 0.273 e. The van der Waals surface area contributed by atoms with Crippen LogP contribution >= 0.6 is 0 Å². The van der Waals surface area contributed by atoms with E-state index < -0.39 is 4.92 Å². The van der Waals surface area contributed by atoms with E-state index in [4.69, 9.17) is 4.74 Å². The van der Waals surface area contributed by atoms with Crippen LogP contribution in [0, 0.1) is 15.9 Å². The number of non-ortho nitro benzene ring substituents is 1. The lowest BCUT2D eigenvalue weighted by Crippen LogP contribution is -2.50. The summed E-state index contributed by atoms with van der Waals surface area (Å²) in [6.45, 7) is 1.38. The predicted octanol–water partition coefficient (Wildman–Crippen LogP) is 2.29. The lowest BCUT2D eigenvalue weighted by atomic mass is 10.0. The molecule has 1 amide bonds. The maximum atomic E-state index is 13.5. The molecule has 0 saturated carbocycles. The van der Waals surface area contributed by atoms with Crippen molar-refractivity contribution in [2.45, 2.75) is 6.04 Å². The number of halogens is 1. The minimum Gasteiger partial charge on any atom is -0.484 e. The molecular weight excluding hydrogens is 341 g/mol. The molecule has 8 heteroatoms. The van der Waals surface area contributed by atoms with E-state index in [0.717, 1.165) is 0 Å². The summed E-state index contributed by atoms with van der Waals surface area (Å²) in [5.41, 5.74) is 0.607. The maximum absolute atomic E-state index is 13.5. The lowest BCUT2D eigenvalue weighted by Gasteiger charge is -2.36. The van der Waals surface area contributed by atoms with Crippen LogP contribution in [0.4, 0.5) is 10.1 Å². The number of nitrogens with one attached hydrogen (secondary N) is 1. The summed E-state index contributed by atoms with van der Waals surface area (Å²) < 4.78 is 18.9. The number of nitro groups is 1.